The zero-order chi connectivity index (χ0) is 17.7. The van der Waals surface area contributed by atoms with Gasteiger partial charge in [0.25, 0.3) is 0 Å². The number of carbonyl (C=O) groups is 1. The van der Waals surface area contributed by atoms with Gasteiger partial charge in [-0.25, -0.2) is 17.9 Å². The number of carbonyl (C=O) groups excluding carboxylic acids is 1. The fraction of sp³-hybridized carbons (Fsp3) is 0.353. The average Bonchev–Trinajstić information content (AvgIpc) is 2.88. The van der Waals surface area contributed by atoms with Crippen LogP contribution in [0.3, 0.4) is 0 Å². The Bertz CT molecular complexity index is 806. The Morgan fingerprint density at radius 3 is 2.42 bits per heavy atom. The Kier molecular flexibility index (Phi) is 5.80. The van der Waals surface area contributed by atoms with Crippen molar-refractivity contribution >= 4 is 16.0 Å². The molecule has 1 heterocycles. The molecule has 0 aliphatic heterocycles. The van der Waals surface area contributed by atoms with Gasteiger partial charge in [-0.15, -0.1) is 0 Å². The summed E-state index contributed by atoms with van der Waals surface area (Å²) >= 11 is 0. The summed E-state index contributed by atoms with van der Waals surface area (Å²) in [5.41, 5.74) is 1.11. The van der Waals surface area contributed by atoms with Crippen LogP contribution >= 0.6 is 0 Å². The van der Waals surface area contributed by atoms with Crippen LogP contribution < -0.4 is 4.72 Å². The molecule has 0 amide bonds. The number of benzene rings is 1. The van der Waals surface area contributed by atoms with E-state index in [4.69, 9.17) is 9.15 Å². The normalized spacial score (nSPS) is 11.5. The van der Waals surface area contributed by atoms with Gasteiger partial charge >= 0.3 is 5.97 Å². The molecule has 0 spiro atoms. The van der Waals surface area contributed by atoms with Gasteiger partial charge in [-0.3, -0.25) is 0 Å². The highest BCUT2D eigenvalue weighted by molar-refractivity contribution is 7.89. The zero-order valence-electron chi connectivity index (χ0n) is 14.0. The van der Waals surface area contributed by atoms with Gasteiger partial charge < -0.3 is 9.15 Å². The van der Waals surface area contributed by atoms with E-state index in [0.29, 0.717) is 17.9 Å². The van der Waals surface area contributed by atoms with Gasteiger partial charge in [-0.2, -0.15) is 0 Å². The summed E-state index contributed by atoms with van der Waals surface area (Å²) in [7, 11) is -3.67. The van der Waals surface area contributed by atoms with Crippen molar-refractivity contribution in [3.05, 3.63) is 53.0 Å². The smallest absolute Gasteiger partial charge is 0.338 e. The van der Waals surface area contributed by atoms with E-state index in [0.717, 1.165) is 17.7 Å². The lowest BCUT2D eigenvalue weighted by molar-refractivity contribution is 0.0505. The zero-order valence-corrected chi connectivity index (χ0v) is 14.8. The molecule has 0 atom stereocenters. The van der Waals surface area contributed by atoms with Crippen LogP contribution in [-0.4, -0.2) is 21.0 Å². The number of hydrogen-bond acceptors (Lipinski definition) is 5. The molecule has 24 heavy (non-hydrogen) atoms. The second-order valence-electron chi connectivity index (χ2n) is 5.42. The molecule has 0 saturated carbocycles. The molecule has 6 nitrogen and oxygen atoms in total. The molecule has 1 N–H and O–H groups in total. The largest absolute Gasteiger partial charge is 0.466 e. The fourth-order valence-corrected chi connectivity index (χ4v) is 3.17. The van der Waals surface area contributed by atoms with E-state index in [1.165, 1.54) is 24.3 Å². The standard InChI is InChI=1S/C17H21NO5S/c1-4-9-22-17(19)14-5-7-16(8-6-14)24(20,21)18-11-15-10-12(2)23-13(15)3/h5-8,10,18H,4,9,11H2,1-3H3. The van der Waals surface area contributed by atoms with Gasteiger partial charge in [-0.1, -0.05) is 6.92 Å². The first-order valence-electron chi connectivity index (χ1n) is 7.66. The summed E-state index contributed by atoms with van der Waals surface area (Å²) in [5.74, 6) is 0.958. The van der Waals surface area contributed by atoms with E-state index >= 15 is 0 Å². The molecule has 7 heteroatoms. The van der Waals surface area contributed by atoms with E-state index in [1.807, 2.05) is 6.92 Å². The van der Waals surface area contributed by atoms with Gasteiger partial charge in [0.15, 0.2) is 0 Å². The van der Waals surface area contributed by atoms with Crippen LogP contribution in [0.25, 0.3) is 0 Å². The van der Waals surface area contributed by atoms with E-state index in [2.05, 4.69) is 4.72 Å². The third-order valence-electron chi connectivity index (χ3n) is 3.43. The molecule has 0 bridgehead atoms. The van der Waals surface area contributed by atoms with E-state index in [1.54, 1.807) is 19.9 Å². The maximum absolute atomic E-state index is 12.3. The third kappa shape index (κ3) is 4.46. The van der Waals surface area contributed by atoms with Crippen molar-refractivity contribution in [2.45, 2.75) is 38.6 Å². The predicted octanol–water partition coefficient (Wildman–Crippen LogP) is 2.94. The molecule has 2 aromatic rings. The third-order valence-corrected chi connectivity index (χ3v) is 4.85. The van der Waals surface area contributed by atoms with Gasteiger partial charge in [0.2, 0.25) is 10.0 Å². The van der Waals surface area contributed by atoms with Gasteiger partial charge in [0.1, 0.15) is 11.5 Å². The highest BCUT2D eigenvalue weighted by atomic mass is 32.2. The van der Waals surface area contributed by atoms with Crippen molar-refractivity contribution in [1.82, 2.24) is 4.72 Å². The molecule has 2 rings (SSSR count). The predicted molar refractivity (Wildman–Crippen MR) is 89.2 cm³/mol. The topological polar surface area (TPSA) is 85.6 Å². The lowest BCUT2D eigenvalue weighted by atomic mass is 10.2. The van der Waals surface area contributed by atoms with E-state index in [-0.39, 0.29) is 11.4 Å². The minimum atomic E-state index is -3.67. The van der Waals surface area contributed by atoms with Crippen molar-refractivity contribution in [2.24, 2.45) is 0 Å². The maximum Gasteiger partial charge on any atom is 0.338 e. The summed E-state index contributed by atoms with van der Waals surface area (Å²) in [6.07, 6.45) is 0.731. The van der Waals surface area contributed by atoms with Gasteiger partial charge in [0.05, 0.1) is 17.1 Å². The molecule has 0 saturated heterocycles. The van der Waals surface area contributed by atoms with Crippen LogP contribution in [-0.2, 0) is 21.3 Å². The van der Waals surface area contributed by atoms with Crippen molar-refractivity contribution < 1.29 is 22.4 Å². The van der Waals surface area contributed by atoms with E-state index in [9.17, 15) is 13.2 Å². The number of aryl methyl sites for hydroxylation is 2. The quantitative estimate of drug-likeness (QED) is 0.775. The van der Waals surface area contributed by atoms with Crippen LogP contribution in [0.1, 0.15) is 40.8 Å². The lowest BCUT2D eigenvalue weighted by Crippen LogP contribution is -2.23. The number of sulfonamides is 1. The minimum absolute atomic E-state index is 0.0902. The molecule has 1 aromatic heterocycles. The second-order valence-corrected chi connectivity index (χ2v) is 7.19. The summed E-state index contributed by atoms with van der Waals surface area (Å²) in [6, 6.07) is 7.46. The molecule has 1 aromatic carbocycles. The van der Waals surface area contributed by atoms with Gasteiger partial charge in [-0.05, 0) is 50.6 Å². The number of ether oxygens (including phenoxy) is 1. The summed E-state index contributed by atoms with van der Waals surface area (Å²) in [4.78, 5) is 11.8. The number of hydrogen-bond donors (Lipinski definition) is 1. The molecular formula is C17H21NO5S. The van der Waals surface area contributed by atoms with Crippen molar-refractivity contribution in [3.8, 4) is 0 Å². The summed E-state index contributed by atoms with van der Waals surface area (Å²) in [6.45, 7) is 5.97. The summed E-state index contributed by atoms with van der Waals surface area (Å²) in [5, 5.41) is 0. The molecule has 0 aliphatic carbocycles. The van der Waals surface area contributed by atoms with Crippen LogP contribution in [0.4, 0.5) is 0 Å². The SMILES string of the molecule is CCCOC(=O)c1ccc(S(=O)(=O)NCc2cc(C)oc2C)cc1. The molecule has 130 valence electrons. The molecule has 0 radical (unpaired) electrons. The second kappa shape index (κ2) is 7.63. The average molecular weight is 351 g/mol. The fourth-order valence-electron chi connectivity index (χ4n) is 2.16. The first-order chi connectivity index (χ1) is 11.3. The lowest BCUT2D eigenvalue weighted by Gasteiger charge is -2.07. The number of furan rings is 1. The van der Waals surface area contributed by atoms with Crippen molar-refractivity contribution in [2.75, 3.05) is 6.61 Å². The minimum Gasteiger partial charge on any atom is -0.466 e. The van der Waals surface area contributed by atoms with Crippen LogP contribution in [0.2, 0.25) is 0 Å². The molecular weight excluding hydrogens is 330 g/mol. The Labute approximate surface area is 141 Å². The van der Waals surface area contributed by atoms with Gasteiger partial charge in [0, 0.05) is 12.1 Å². The van der Waals surface area contributed by atoms with Crippen molar-refractivity contribution in [1.29, 1.82) is 0 Å². The Morgan fingerprint density at radius 2 is 1.88 bits per heavy atom. The number of rotatable bonds is 7. The van der Waals surface area contributed by atoms with Crippen LogP contribution in [0, 0.1) is 13.8 Å². The Hall–Kier alpha value is -2.12. The number of esters is 1. The molecule has 0 aliphatic rings. The first kappa shape index (κ1) is 18.2. The van der Waals surface area contributed by atoms with E-state index < -0.39 is 16.0 Å². The summed E-state index contributed by atoms with van der Waals surface area (Å²) < 4.78 is 37.5. The Morgan fingerprint density at radius 1 is 1.21 bits per heavy atom. The highest BCUT2D eigenvalue weighted by Crippen LogP contribution is 2.16. The van der Waals surface area contributed by atoms with Crippen LogP contribution in [0.15, 0.2) is 39.6 Å². The van der Waals surface area contributed by atoms with Crippen molar-refractivity contribution in [3.63, 3.8) is 0 Å². The molecule has 0 unspecified atom stereocenters. The Balaban J connectivity index is 2.06. The monoisotopic (exact) mass is 351 g/mol. The highest BCUT2D eigenvalue weighted by Gasteiger charge is 2.16. The molecule has 0 fully saturated rings. The first-order valence-corrected chi connectivity index (χ1v) is 9.14. The number of nitrogens with one attached hydrogen (secondary N) is 1. The maximum atomic E-state index is 12.3. The van der Waals surface area contributed by atoms with Crippen LogP contribution in [0.5, 0.6) is 0 Å².